The summed E-state index contributed by atoms with van der Waals surface area (Å²) in [6.45, 7) is 8.07. The Morgan fingerprint density at radius 2 is 1.64 bits per heavy atom. The summed E-state index contributed by atoms with van der Waals surface area (Å²) in [5, 5.41) is 10.7. The van der Waals surface area contributed by atoms with Gasteiger partial charge in [-0.2, -0.15) is 0 Å². The van der Waals surface area contributed by atoms with Crippen LogP contribution in [0.1, 0.15) is 66.6 Å². The number of phenolic OH excluding ortho intramolecular Hbond substituents is 1. The molecule has 5 rings (SSSR count). The highest BCUT2D eigenvalue weighted by molar-refractivity contribution is 5.94. The number of likely N-dealkylation sites (tertiary alicyclic amines) is 1. The fourth-order valence-corrected chi connectivity index (χ4v) is 5.98. The van der Waals surface area contributed by atoms with Gasteiger partial charge in [0.2, 0.25) is 0 Å². The number of carbonyl (C=O) groups excluding carboxylic acids is 1. The number of aromatic nitrogens is 2. The van der Waals surface area contributed by atoms with Crippen LogP contribution in [0.5, 0.6) is 5.75 Å². The lowest BCUT2D eigenvalue weighted by Gasteiger charge is -2.33. The van der Waals surface area contributed by atoms with E-state index in [0.29, 0.717) is 24.4 Å². The number of fused-ring (bicyclic) bond motifs is 1. The number of phenols is 1. The zero-order chi connectivity index (χ0) is 27.4. The van der Waals surface area contributed by atoms with Crippen molar-refractivity contribution in [1.82, 2.24) is 19.4 Å². The Hall–Kier alpha value is -3.84. The van der Waals surface area contributed by atoms with E-state index in [0.717, 1.165) is 61.1 Å². The molecule has 3 aromatic carbocycles. The van der Waals surface area contributed by atoms with E-state index in [1.165, 1.54) is 0 Å². The van der Waals surface area contributed by atoms with Gasteiger partial charge in [-0.25, -0.2) is 4.79 Å². The average Bonchev–Trinajstić information content (AvgIpc) is 3.31. The minimum Gasteiger partial charge on any atom is -0.508 e. The Labute approximate surface area is 229 Å². The minimum atomic E-state index is -0.0304. The van der Waals surface area contributed by atoms with Crippen molar-refractivity contribution < 1.29 is 9.90 Å². The molecule has 1 saturated heterocycles. The quantitative estimate of drug-likeness (QED) is 0.307. The highest BCUT2D eigenvalue weighted by atomic mass is 16.3. The molecule has 0 radical (unpaired) electrons. The normalized spacial score (nSPS) is 15.4. The van der Waals surface area contributed by atoms with Gasteiger partial charge in [0.15, 0.2) is 0 Å². The first-order chi connectivity index (χ1) is 19.0. The molecule has 0 bridgehead atoms. The number of amides is 1. The molecule has 1 amide bonds. The van der Waals surface area contributed by atoms with E-state index in [1.54, 1.807) is 6.07 Å². The monoisotopic (exact) mass is 526 g/mol. The van der Waals surface area contributed by atoms with Crippen LogP contribution >= 0.6 is 0 Å². The fourth-order valence-electron chi connectivity index (χ4n) is 5.98. The average molecular weight is 527 g/mol. The summed E-state index contributed by atoms with van der Waals surface area (Å²) >= 11 is 0. The summed E-state index contributed by atoms with van der Waals surface area (Å²) in [5.74, 6) is 0.351. The summed E-state index contributed by atoms with van der Waals surface area (Å²) in [4.78, 5) is 32.7. The molecule has 1 aliphatic rings. The van der Waals surface area contributed by atoms with Crippen molar-refractivity contribution in [2.75, 3.05) is 32.7 Å². The van der Waals surface area contributed by atoms with Gasteiger partial charge in [0.1, 0.15) is 5.75 Å². The standard InChI is InChI=1S/C32H38N4O3/c1-3-35(4-2)31(38)24-15-13-23(14-16-24)26(27-9-5-8-12-30(27)37)19-22-34-20-17-25(18-21-34)36-29-11-7-6-10-28(29)33-32(36)39/h5-16,25-26,37H,3-4,17-22H2,1-2H3,(H,33,39). The van der Waals surface area contributed by atoms with Gasteiger partial charge in [0.05, 0.1) is 11.0 Å². The van der Waals surface area contributed by atoms with Crippen molar-refractivity contribution in [2.45, 2.75) is 45.1 Å². The maximum absolute atomic E-state index is 12.8. The number of aromatic hydroxyl groups is 1. The largest absolute Gasteiger partial charge is 0.508 e. The number of carbonyl (C=O) groups is 1. The highest BCUT2D eigenvalue weighted by Crippen LogP contribution is 2.35. The molecule has 204 valence electrons. The topological polar surface area (TPSA) is 81.6 Å². The Bertz CT molecular complexity index is 1460. The molecular formula is C32H38N4O3. The van der Waals surface area contributed by atoms with Crippen LogP contribution in [0.3, 0.4) is 0 Å². The molecular weight excluding hydrogens is 488 g/mol. The Morgan fingerprint density at radius 3 is 2.33 bits per heavy atom. The van der Waals surface area contributed by atoms with Crippen molar-refractivity contribution in [3.05, 3.63) is 100.0 Å². The van der Waals surface area contributed by atoms with E-state index in [9.17, 15) is 14.7 Å². The molecule has 0 spiro atoms. The first-order valence-corrected chi connectivity index (χ1v) is 14.1. The van der Waals surface area contributed by atoms with Crippen LogP contribution in [0.2, 0.25) is 0 Å². The van der Waals surface area contributed by atoms with Crippen LogP contribution in [0.4, 0.5) is 0 Å². The number of para-hydroxylation sites is 3. The van der Waals surface area contributed by atoms with Gasteiger partial charge < -0.3 is 19.9 Å². The number of nitrogens with zero attached hydrogens (tertiary/aromatic N) is 3. The zero-order valence-electron chi connectivity index (χ0n) is 22.8. The van der Waals surface area contributed by atoms with E-state index < -0.39 is 0 Å². The van der Waals surface area contributed by atoms with Gasteiger partial charge in [-0.1, -0.05) is 42.5 Å². The van der Waals surface area contributed by atoms with Crippen molar-refractivity contribution in [2.24, 2.45) is 0 Å². The lowest BCUT2D eigenvalue weighted by Crippen LogP contribution is -2.37. The summed E-state index contributed by atoms with van der Waals surface area (Å²) in [7, 11) is 0. The number of hydrogen-bond acceptors (Lipinski definition) is 4. The summed E-state index contributed by atoms with van der Waals surface area (Å²) in [6.07, 6.45) is 2.69. The number of benzene rings is 3. The number of piperidine rings is 1. The number of imidazole rings is 1. The third kappa shape index (κ3) is 5.64. The van der Waals surface area contributed by atoms with E-state index in [4.69, 9.17) is 0 Å². The van der Waals surface area contributed by atoms with E-state index >= 15 is 0 Å². The second kappa shape index (κ2) is 11.9. The minimum absolute atomic E-state index is 0.0118. The van der Waals surface area contributed by atoms with Gasteiger partial charge in [-0.15, -0.1) is 0 Å². The molecule has 2 heterocycles. The molecule has 1 aliphatic heterocycles. The van der Waals surface area contributed by atoms with Gasteiger partial charge >= 0.3 is 5.69 Å². The number of hydrogen-bond donors (Lipinski definition) is 2. The van der Waals surface area contributed by atoms with Crippen LogP contribution in [-0.2, 0) is 0 Å². The second-order valence-corrected chi connectivity index (χ2v) is 10.4. The van der Waals surface area contributed by atoms with Crippen LogP contribution in [0, 0.1) is 0 Å². The predicted molar refractivity (Wildman–Crippen MR) is 156 cm³/mol. The second-order valence-electron chi connectivity index (χ2n) is 10.4. The molecule has 7 heteroatoms. The van der Waals surface area contributed by atoms with Crippen molar-refractivity contribution in [1.29, 1.82) is 0 Å². The van der Waals surface area contributed by atoms with Gasteiger partial charge in [0.25, 0.3) is 5.91 Å². The smallest absolute Gasteiger partial charge is 0.326 e. The van der Waals surface area contributed by atoms with Crippen LogP contribution < -0.4 is 5.69 Å². The molecule has 1 aromatic heterocycles. The lowest BCUT2D eigenvalue weighted by atomic mass is 9.87. The third-order valence-electron chi connectivity index (χ3n) is 8.20. The summed E-state index contributed by atoms with van der Waals surface area (Å²) in [6, 6.07) is 23.5. The highest BCUT2D eigenvalue weighted by Gasteiger charge is 2.25. The van der Waals surface area contributed by atoms with E-state index in [1.807, 2.05) is 90.0 Å². The number of H-pyrrole nitrogens is 1. The molecule has 0 aliphatic carbocycles. The van der Waals surface area contributed by atoms with Crippen LogP contribution in [0.15, 0.2) is 77.6 Å². The molecule has 7 nitrogen and oxygen atoms in total. The van der Waals surface area contributed by atoms with Crippen LogP contribution in [-0.4, -0.2) is 63.1 Å². The third-order valence-corrected chi connectivity index (χ3v) is 8.20. The first kappa shape index (κ1) is 26.8. The number of nitrogens with one attached hydrogen (secondary N) is 1. The Morgan fingerprint density at radius 1 is 0.974 bits per heavy atom. The fraction of sp³-hybridized carbons (Fsp3) is 0.375. The molecule has 39 heavy (non-hydrogen) atoms. The van der Waals surface area contributed by atoms with Gasteiger partial charge in [-0.05, 0) is 75.5 Å². The van der Waals surface area contributed by atoms with Crippen LogP contribution in [0.25, 0.3) is 11.0 Å². The Balaban J connectivity index is 1.29. The number of aromatic amines is 1. The molecule has 4 aromatic rings. The summed E-state index contributed by atoms with van der Waals surface area (Å²) < 4.78 is 1.93. The number of rotatable bonds is 9. The lowest BCUT2D eigenvalue weighted by molar-refractivity contribution is 0.0773. The zero-order valence-corrected chi connectivity index (χ0v) is 22.8. The van der Waals surface area contributed by atoms with Crippen molar-refractivity contribution >= 4 is 16.9 Å². The summed E-state index contributed by atoms with van der Waals surface area (Å²) in [5.41, 5.74) is 4.52. The molecule has 1 atom stereocenters. The molecule has 1 fully saturated rings. The van der Waals surface area contributed by atoms with Crippen molar-refractivity contribution in [3.8, 4) is 5.75 Å². The van der Waals surface area contributed by atoms with Gasteiger partial charge in [-0.3, -0.25) is 9.36 Å². The van der Waals surface area contributed by atoms with E-state index in [2.05, 4.69) is 9.88 Å². The SMILES string of the molecule is CCN(CC)C(=O)c1ccc(C(CCN2CCC(n3c(=O)[nH]c4ccccc43)CC2)c2ccccc2O)cc1. The molecule has 0 saturated carbocycles. The predicted octanol–water partition coefficient (Wildman–Crippen LogP) is 5.38. The van der Waals surface area contributed by atoms with Crippen molar-refractivity contribution in [3.63, 3.8) is 0 Å². The Kier molecular flexibility index (Phi) is 8.17. The maximum atomic E-state index is 12.8. The maximum Gasteiger partial charge on any atom is 0.326 e. The van der Waals surface area contributed by atoms with E-state index in [-0.39, 0.29) is 23.6 Å². The first-order valence-electron chi connectivity index (χ1n) is 14.1. The van der Waals surface area contributed by atoms with Gasteiger partial charge in [0, 0.05) is 49.3 Å². The molecule has 2 N–H and O–H groups in total. The molecule has 1 unspecified atom stereocenters.